The summed E-state index contributed by atoms with van der Waals surface area (Å²) in [7, 11) is 0. The minimum absolute atomic E-state index is 0.0305. The minimum atomic E-state index is -1.03. The first-order chi connectivity index (χ1) is 18.9. The van der Waals surface area contributed by atoms with Crippen molar-refractivity contribution in [2.24, 2.45) is 0 Å². The maximum atomic E-state index is 13.8. The fourth-order valence-electron chi connectivity index (χ4n) is 4.12. The Bertz CT molecular complexity index is 1350. The smallest absolute Gasteiger partial charge is 0.271 e. The van der Waals surface area contributed by atoms with E-state index < -0.39 is 29.7 Å². The lowest BCUT2D eigenvalue weighted by molar-refractivity contribution is 0.0825. The Morgan fingerprint density at radius 3 is 2.49 bits per heavy atom. The van der Waals surface area contributed by atoms with Crippen LogP contribution in [0.15, 0.2) is 78.2 Å². The minimum Gasteiger partial charge on any atom is -0.486 e. The third kappa shape index (κ3) is 8.68. The van der Waals surface area contributed by atoms with Crippen LogP contribution in [0.4, 0.5) is 8.78 Å². The van der Waals surface area contributed by atoms with Crippen LogP contribution < -0.4 is 15.4 Å². The summed E-state index contributed by atoms with van der Waals surface area (Å²) >= 11 is 1.28. The molecule has 3 N–H and O–H groups in total. The molecule has 0 radical (unpaired) electrons. The summed E-state index contributed by atoms with van der Waals surface area (Å²) in [4.78, 5) is 17.4. The van der Waals surface area contributed by atoms with E-state index in [0.717, 1.165) is 18.1 Å². The fourth-order valence-corrected chi connectivity index (χ4v) is 4.80. The number of para-hydroxylation sites is 1. The van der Waals surface area contributed by atoms with Crippen LogP contribution in [0.1, 0.15) is 39.1 Å². The molecular weight excluding hydrogens is 520 g/mol. The van der Waals surface area contributed by atoms with Gasteiger partial charge in [0.2, 0.25) is 0 Å². The zero-order valence-corrected chi connectivity index (χ0v) is 22.4. The van der Waals surface area contributed by atoms with E-state index in [1.54, 1.807) is 5.38 Å². The standard InChI is InChI=1S/C30H31F2N3O3S/c1-2-20-7-6-8-21(11-20)16-33-17-28(36)26(14-22-12-23(31)15-24(32)13-22)35-30(37)27-19-39-29(34-27)18-38-25-9-4-3-5-10-25/h3-13,15,19,26,28,33,36H,2,14,16-18H2,1H3,(H,35,37)/t26-,28+/m1/s1. The molecule has 1 heterocycles. The molecule has 0 unspecified atom stereocenters. The number of hydrogen-bond donors (Lipinski definition) is 3. The maximum absolute atomic E-state index is 13.8. The molecule has 6 nitrogen and oxygen atoms in total. The first kappa shape index (κ1) is 28.4. The second kappa shape index (κ2) is 13.9. The van der Waals surface area contributed by atoms with Gasteiger partial charge in [0, 0.05) is 24.5 Å². The van der Waals surface area contributed by atoms with Gasteiger partial charge in [-0.05, 0) is 53.8 Å². The second-order valence-corrected chi connectivity index (χ2v) is 10.1. The molecular formula is C30H31F2N3O3S. The van der Waals surface area contributed by atoms with Crippen molar-refractivity contribution in [1.82, 2.24) is 15.6 Å². The number of thiazole rings is 1. The van der Waals surface area contributed by atoms with Crippen molar-refractivity contribution in [2.75, 3.05) is 6.54 Å². The highest BCUT2D eigenvalue weighted by molar-refractivity contribution is 7.09. The first-order valence-electron chi connectivity index (χ1n) is 12.7. The van der Waals surface area contributed by atoms with Crippen LogP contribution in [-0.4, -0.2) is 34.7 Å². The molecule has 0 aliphatic heterocycles. The summed E-state index contributed by atoms with van der Waals surface area (Å²) in [6, 6.07) is 19.8. The topological polar surface area (TPSA) is 83.5 Å². The average molecular weight is 552 g/mol. The van der Waals surface area contributed by atoms with E-state index in [1.165, 1.54) is 29.0 Å². The summed E-state index contributed by atoms with van der Waals surface area (Å²) in [5.74, 6) is -1.24. The van der Waals surface area contributed by atoms with E-state index in [2.05, 4.69) is 34.7 Å². The van der Waals surface area contributed by atoms with Gasteiger partial charge >= 0.3 is 0 Å². The summed E-state index contributed by atoms with van der Waals surface area (Å²) < 4.78 is 33.4. The van der Waals surface area contributed by atoms with Gasteiger partial charge in [-0.3, -0.25) is 4.79 Å². The Morgan fingerprint density at radius 2 is 1.74 bits per heavy atom. The van der Waals surface area contributed by atoms with Gasteiger partial charge in [0.05, 0.1) is 12.1 Å². The number of benzene rings is 3. The van der Waals surface area contributed by atoms with E-state index in [4.69, 9.17) is 4.74 Å². The van der Waals surface area contributed by atoms with Crippen LogP contribution in [0.3, 0.4) is 0 Å². The van der Waals surface area contributed by atoms with Crippen LogP contribution >= 0.6 is 11.3 Å². The van der Waals surface area contributed by atoms with Gasteiger partial charge in [0.15, 0.2) is 0 Å². The first-order valence-corrected chi connectivity index (χ1v) is 13.6. The molecule has 0 bridgehead atoms. The molecule has 0 saturated heterocycles. The Hall–Kier alpha value is -3.66. The lowest BCUT2D eigenvalue weighted by Crippen LogP contribution is -2.48. The molecule has 0 aliphatic carbocycles. The summed E-state index contributed by atoms with van der Waals surface area (Å²) in [6.45, 7) is 2.98. The molecule has 204 valence electrons. The number of aliphatic hydroxyl groups is 1. The molecule has 4 aromatic rings. The number of aryl methyl sites for hydroxylation is 1. The summed E-state index contributed by atoms with van der Waals surface area (Å²) in [5.41, 5.74) is 2.79. The highest BCUT2D eigenvalue weighted by atomic mass is 32.1. The molecule has 39 heavy (non-hydrogen) atoms. The zero-order valence-electron chi connectivity index (χ0n) is 21.6. The predicted molar refractivity (Wildman–Crippen MR) is 148 cm³/mol. The molecule has 0 aliphatic rings. The molecule has 4 rings (SSSR count). The number of carbonyl (C=O) groups excluding carboxylic acids is 1. The van der Waals surface area contributed by atoms with E-state index in [-0.39, 0.29) is 25.3 Å². The third-order valence-corrected chi connectivity index (χ3v) is 6.95. The number of nitrogens with zero attached hydrogens (tertiary/aromatic N) is 1. The second-order valence-electron chi connectivity index (χ2n) is 9.16. The number of nitrogens with one attached hydrogen (secondary N) is 2. The number of aliphatic hydroxyl groups excluding tert-OH is 1. The van der Waals surface area contributed by atoms with Crippen LogP contribution in [0.5, 0.6) is 5.75 Å². The molecule has 0 fully saturated rings. The van der Waals surface area contributed by atoms with Gasteiger partial charge in [-0.1, -0.05) is 49.4 Å². The normalized spacial score (nSPS) is 12.6. The molecule has 1 amide bonds. The van der Waals surface area contributed by atoms with Crippen molar-refractivity contribution in [3.05, 3.63) is 117 Å². The van der Waals surface area contributed by atoms with Crippen molar-refractivity contribution in [2.45, 2.75) is 45.1 Å². The molecule has 1 aromatic heterocycles. The Kier molecular flexibility index (Phi) is 10.1. The summed E-state index contributed by atoms with van der Waals surface area (Å²) in [5, 5.41) is 19.2. The number of aromatic nitrogens is 1. The molecule has 9 heteroatoms. The van der Waals surface area contributed by atoms with Crippen molar-refractivity contribution >= 4 is 17.2 Å². The number of rotatable bonds is 13. The highest BCUT2D eigenvalue weighted by Crippen LogP contribution is 2.17. The van der Waals surface area contributed by atoms with E-state index in [1.807, 2.05) is 42.5 Å². The van der Waals surface area contributed by atoms with Gasteiger partial charge in [0.1, 0.15) is 34.7 Å². The van der Waals surface area contributed by atoms with Crippen molar-refractivity contribution in [3.63, 3.8) is 0 Å². The Balaban J connectivity index is 1.41. The van der Waals surface area contributed by atoms with Gasteiger partial charge in [-0.15, -0.1) is 11.3 Å². The monoisotopic (exact) mass is 551 g/mol. The summed E-state index contributed by atoms with van der Waals surface area (Å²) in [6.07, 6.45) is -0.0806. The Labute approximate surface area is 230 Å². The van der Waals surface area contributed by atoms with Crippen LogP contribution in [-0.2, 0) is 26.0 Å². The van der Waals surface area contributed by atoms with Gasteiger partial charge in [-0.25, -0.2) is 13.8 Å². The average Bonchev–Trinajstić information content (AvgIpc) is 3.41. The largest absolute Gasteiger partial charge is 0.486 e. The Morgan fingerprint density at radius 1 is 1.00 bits per heavy atom. The van der Waals surface area contributed by atoms with E-state index in [0.29, 0.717) is 22.9 Å². The van der Waals surface area contributed by atoms with Gasteiger partial charge in [-0.2, -0.15) is 0 Å². The number of hydrogen-bond acceptors (Lipinski definition) is 6. The van der Waals surface area contributed by atoms with Crippen LogP contribution in [0, 0.1) is 11.6 Å². The van der Waals surface area contributed by atoms with Crippen LogP contribution in [0.25, 0.3) is 0 Å². The third-order valence-electron chi connectivity index (χ3n) is 6.13. The van der Waals surface area contributed by atoms with Gasteiger partial charge in [0.25, 0.3) is 5.91 Å². The molecule has 0 saturated carbocycles. The maximum Gasteiger partial charge on any atom is 0.271 e. The van der Waals surface area contributed by atoms with E-state index in [9.17, 15) is 18.7 Å². The van der Waals surface area contributed by atoms with E-state index >= 15 is 0 Å². The number of carbonyl (C=O) groups is 1. The zero-order chi connectivity index (χ0) is 27.6. The number of ether oxygens (including phenoxy) is 1. The number of amides is 1. The number of halogens is 2. The van der Waals surface area contributed by atoms with Crippen molar-refractivity contribution < 1.29 is 23.4 Å². The molecule has 2 atom stereocenters. The van der Waals surface area contributed by atoms with Gasteiger partial charge < -0.3 is 20.5 Å². The lowest BCUT2D eigenvalue weighted by Gasteiger charge is -2.24. The van der Waals surface area contributed by atoms with Crippen molar-refractivity contribution in [1.29, 1.82) is 0 Å². The quantitative estimate of drug-likeness (QED) is 0.217. The lowest BCUT2D eigenvalue weighted by atomic mass is 10.00. The SMILES string of the molecule is CCc1cccc(CNC[C@H](O)[C@@H](Cc2cc(F)cc(F)c2)NC(=O)c2csc(COc3ccccc3)n2)c1. The molecule has 0 spiro atoms. The highest BCUT2D eigenvalue weighted by Gasteiger charge is 2.24. The molecule has 3 aromatic carbocycles. The van der Waals surface area contributed by atoms with Crippen LogP contribution in [0.2, 0.25) is 0 Å². The fraction of sp³-hybridized carbons (Fsp3) is 0.267. The van der Waals surface area contributed by atoms with Crippen molar-refractivity contribution in [3.8, 4) is 5.75 Å². The predicted octanol–water partition coefficient (Wildman–Crippen LogP) is 5.05.